The van der Waals surface area contributed by atoms with Crippen LogP contribution in [0.4, 0.5) is 17.1 Å². The van der Waals surface area contributed by atoms with Gasteiger partial charge in [0.2, 0.25) is 0 Å². The second-order valence-electron chi connectivity index (χ2n) is 16.4. The van der Waals surface area contributed by atoms with E-state index in [1.165, 1.54) is 11.1 Å². The van der Waals surface area contributed by atoms with Gasteiger partial charge in [0.25, 0.3) is 0 Å². The van der Waals surface area contributed by atoms with Gasteiger partial charge in [-0.15, -0.1) is 0 Å². The Bertz CT molecular complexity index is 3880. The monoisotopic (exact) mass is 819 g/mol. The van der Waals surface area contributed by atoms with E-state index in [4.69, 9.17) is 13.3 Å². The smallest absolute Gasteiger partial charge is 0.136 e. The molecule has 0 bridgehead atoms. The number of hydrogen-bond donors (Lipinski definition) is 0. The first kappa shape index (κ1) is 36.1. The molecule has 10 aromatic carbocycles. The van der Waals surface area contributed by atoms with Gasteiger partial charge in [-0.1, -0.05) is 140 Å². The van der Waals surface area contributed by atoms with Crippen LogP contribution in [0.1, 0.15) is 0 Å². The molecule has 0 saturated heterocycles. The van der Waals surface area contributed by atoms with Crippen LogP contribution >= 0.6 is 0 Å². The van der Waals surface area contributed by atoms with Crippen molar-refractivity contribution < 1.29 is 13.3 Å². The first-order chi connectivity index (χ1) is 31.7. The van der Waals surface area contributed by atoms with Crippen molar-refractivity contribution in [3.05, 3.63) is 224 Å². The van der Waals surface area contributed by atoms with Crippen molar-refractivity contribution >= 4 is 82.9 Å². The molecule has 0 aliphatic carbocycles. The number of anilines is 3. The summed E-state index contributed by atoms with van der Waals surface area (Å²) in [6.45, 7) is 0. The average Bonchev–Trinajstić information content (AvgIpc) is 4.06. The topological polar surface area (TPSA) is 42.7 Å². The summed E-state index contributed by atoms with van der Waals surface area (Å²) >= 11 is 0. The van der Waals surface area contributed by atoms with Crippen LogP contribution in [0, 0.1) is 0 Å². The zero-order valence-electron chi connectivity index (χ0n) is 34.5. The molecule has 0 atom stereocenters. The zero-order valence-corrected chi connectivity index (χ0v) is 34.5. The number of nitrogens with zero attached hydrogens (tertiary/aromatic N) is 1. The van der Waals surface area contributed by atoms with Crippen LogP contribution in [0.5, 0.6) is 0 Å². The third kappa shape index (κ3) is 5.77. The molecule has 4 nitrogen and oxygen atoms in total. The molecule has 0 spiro atoms. The molecule has 13 rings (SSSR count). The highest BCUT2D eigenvalue weighted by atomic mass is 16.3. The van der Waals surface area contributed by atoms with Gasteiger partial charge in [0.05, 0.1) is 0 Å². The summed E-state index contributed by atoms with van der Waals surface area (Å²) < 4.78 is 19.4. The molecule has 0 unspecified atom stereocenters. The molecule has 3 heterocycles. The summed E-state index contributed by atoms with van der Waals surface area (Å²) in [4.78, 5) is 2.33. The Morgan fingerprint density at radius 3 is 1.19 bits per heavy atom. The molecule has 13 aromatic rings. The Kier molecular flexibility index (Phi) is 8.18. The summed E-state index contributed by atoms with van der Waals surface area (Å²) in [7, 11) is 0. The lowest BCUT2D eigenvalue weighted by Gasteiger charge is -2.26. The maximum atomic E-state index is 6.58. The Hall–Kier alpha value is -8.60. The van der Waals surface area contributed by atoms with Crippen LogP contribution in [0.25, 0.3) is 110 Å². The molecule has 0 radical (unpaired) electrons. The van der Waals surface area contributed by atoms with E-state index >= 15 is 0 Å². The van der Waals surface area contributed by atoms with Crippen molar-refractivity contribution in [3.8, 4) is 44.5 Å². The van der Waals surface area contributed by atoms with Crippen LogP contribution in [0.3, 0.4) is 0 Å². The number of hydrogen-bond acceptors (Lipinski definition) is 4. The van der Waals surface area contributed by atoms with E-state index in [9.17, 15) is 0 Å². The highest BCUT2D eigenvalue weighted by Gasteiger charge is 2.24. The van der Waals surface area contributed by atoms with Crippen molar-refractivity contribution in [1.29, 1.82) is 0 Å². The lowest BCUT2D eigenvalue weighted by Crippen LogP contribution is -2.09. The first-order valence-corrected chi connectivity index (χ1v) is 21.7. The summed E-state index contributed by atoms with van der Waals surface area (Å²) in [5.41, 5.74) is 17.4. The van der Waals surface area contributed by atoms with Crippen molar-refractivity contribution in [1.82, 2.24) is 0 Å². The molecule has 0 amide bonds. The van der Waals surface area contributed by atoms with Gasteiger partial charge < -0.3 is 18.2 Å². The van der Waals surface area contributed by atoms with Crippen molar-refractivity contribution in [2.75, 3.05) is 4.90 Å². The van der Waals surface area contributed by atoms with Gasteiger partial charge in [-0.05, 0) is 118 Å². The van der Waals surface area contributed by atoms with Crippen molar-refractivity contribution in [2.24, 2.45) is 0 Å². The van der Waals surface area contributed by atoms with E-state index in [-0.39, 0.29) is 0 Å². The number of benzene rings is 10. The van der Waals surface area contributed by atoms with E-state index < -0.39 is 0 Å². The number of para-hydroxylation sites is 3. The quantitative estimate of drug-likeness (QED) is 0.161. The average molecular weight is 820 g/mol. The van der Waals surface area contributed by atoms with Gasteiger partial charge in [-0.3, -0.25) is 0 Å². The number of rotatable bonds is 7. The van der Waals surface area contributed by atoms with Gasteiger partial charge >= 0.3 is 0 Å². The van der Waals surface area contributed by atoms with Gasteiger partial charge in [0, 0.05) is 60.5 Å². The fraction of sp³-hybridized carbons (Fsp3) is 0. The molecule has 0 saturated carbocycles. The lowest BCUT2D eigenvalue weighted by molar-refractivity contribution is 0.668. The maximum Gasteiger partial charge on any atom is 0.136 e. The van der Waals surface area contributed by atoms with Gasteiger partial charge in [-0.2, -0.15) is 0 Å². The van der Waals surface area contributed by atoms with E-state index in [2.05, 4.69) is 205 Å². The third-order valence-electron chi connectivity index (χ3n) is 12.7. The molecule has 300 valence electrons. The van der Waals surface area contributed by atoms with Crippen LogP contribution in [-0.2, 0) is 0 Å². The summed E-state index contributed by atoms with van der Waals surface area (Å²) in [6.07, 6.45) is 0. The van der Waals surface area contributed by atoms with Gasteiger partial charge in [-0.25, -0.2) is 0 Å². The van der Waals surface area contributed by atoms with Gasteiger partial charge in [0.1, 0.15) is 33.5 Å². The predicted octanol–water partition coefficient (Wildman–Crippen LogP) is 17.5. The van der Waals surface area contributed by atoms with Crippen LogP contribution in [0.2, 0.25) is 0 Å². The van der Waals surface area contributed by atoms with Crippen molar-refractivity contribution in [2.45, 2.75) is 0 Å². The molecular weight excluding hydrogens is 783 g/mol. The molecule has 4 heteroatoms. The molecule has 0 aliphatic heterocycles. The fourth-order valence-corrected chi connectivity index (χ4v) is 9.80. The highest BCUT2D eigenvalue weighted by Crippen LogP contribution is 2.49. The Labute approximate surface area is 368 Å². The van der Waals surface area contributed by atoms with Gasteiger partial charge in [0.15, 0.2) is 0 Å². The first-order valence-electron chi connectivity index (χ1n) is 21.7. The summed E-state index contributed by atoms with van der Waals surface area (Å²) in [5.74, 6) is 0. The summed E-state index contributed by atoms with van der Waals surface area (Å²) in [6, 6.07) is 79.2. The number of fused-ring (bicyclic) bond motifs is 9. The second kappa shape index (κ2) is 14.5. The minimum absolute atomic E-state index is 0.848. The lowest BCUT2D eigenvalue weighted by atomic mass is 9.85. The van der Waals surface area contributed by atoms with Crippen LogP contribution in [0.15, 0.2) is 238 Å². The molecule has 0 fully saturated rings. The van der Waals surface area contributed by atoms with E-state index in [0.717, 1.165) is 116 Å². The second-order valence-corrected chi connectivity index (χ2v) is 16.4. The minimum Gasteiger partial charge on any atom is -0.456 e. The number of furan rings is 3. The largest absolute Gasteiger partial charge is 0.456 e. The molecule has 0 aliphatic rings. The van der Waals surface area contributed by atoms with Crippen LogP contribution < -0.4 is 4.90 Å². The van der Waals surface area contributed by atoms with Crippen LogP contribution in [-0.4, -0.2) is 0 Å². The SMILES string of the molecule is c1ccc(-c2ccc(N(c3ccc(-c4c(-c5ccc6oc7ccccc7c6c5-c5ccccc5)ccc5oc6ccccc6c45)cc3)c3ccc4oc5ccccc5c4c3)cc2)cc1. The fourth-order valence-electron chi connectivity index (χ4n) is 9.80. The molecular formula is C60H37NO3. The molecule has 0 N–H and O–H groups in total. The standard InChI is InChI=1S/C60H37NO3/c1-3-13-38(14-4-1)39-23-27-42(28-24-39)61(44-31-34-54-50(37-44)45-17-7-10-20-51(45)62-54)43-29-25-41(26-30-43)58-47(33-36-56-60(58)49-19-9-12-22-53(49)64-56)46-32-35-55-59(48-18-8-11-21-52(48)63-55)57(46)40-15-5-2-6-16-40/h1-37H. The van der Waals surface area contributed by atoms with E-state index in [0.29, 0.717) is 0 Å². The Morgan fingerprint density at radius 2 is 0.625 bits per heavy atom. The Morgan fingerprint density at radius 1 is 0.250 bits per heavy atom. The maximum absolute atomic E-state index is 6.58. The Balaban J connectivity index is 1.03. The highest BCUT2D eigenvalue weighted by molar-refractivity contribution is 6.20. The van der Waals surface area contributed by atoms with Crippen molar-refractivity contribution in [3.63, 3.8) is 0 Å². The minimum atomic E-state index is 0.848. The zero-order chi connectivity index (χ0) is 42.1. The summed E-state index contributed by atoms with van der Waals surface area (Å²) in [5, 5.41) is 6.54. The predicted molar refractivity (Wildman–Crippen MR) is 265 cm³/mol. The molecule has 3 aromatic heterocycles. The molecule has 64 heavy (non-hydrogen) atoms. The third-order valence-corrected chi connectivity index (χ3v) is 12.7. The normalized spacial score (nSPS) is 11.8. The van der Waals surface area contributed by atoms with E-state index in [1.54, 1.807) is 0 Å². The van der Waals surface area contributed by atoms with E-state index in [1.807, 2.05) is 24.3 Å².